The summed E-state index contributed by atoms with van der Waals surface area (Å²) < 4.78 is 40.3. The largest absolute Gasteiger partial charge is 0.493 e. The van der Waals surface area contributed by atoms with Crippen molar-refractivity contribution in [1.82, 2.24) is 30.4 Å². The number of hydrogen-bond donors (Lipinski definition) is 3. The first kappa shape index (κ1) is 26.3. The highest BCUT2D eigenvalue weighted by atomic mass is 19.2. The van der Waals surface area contributed by atoms with Gasteiger partial charge in [-0.25, -0.2) is 13.4 Å². The number of aromatic nitrogens is 5. The van der Waals surface area contributed by atoms with Crippen LogP contribution in [-0.4, -0.2) is 49.5 Å². The van der Waals surface area contributed by atoms with Gasteiger partial charge in [0.15, 0.2) is 17.3 Å². The van der Waals surface area contributed by atoms with E-state index in [9.17, 15) is 23.2 Å². The van der Waals surface area contributed by atoms with Gasteiger partial charge in [-0.05, 0) is 50.9 Å². The fourth-order valence-electron chi connectivity index (χ4n) is 5.51. The molecule has 1 aliphatic heterocycles. The van der Waals surface area contributed by atoms with Crippen LogP contribution in [-0.2, 0) is 4.79 Å². The Morgan fingerprint density at radius 3 is 2.51 bits per heavy atom. The number of pyridine rings is 1. The summed E-state index contributed by atoms with van der Waals surface area (Å²) in [4.78, 5) is 40.1. The normalized spacial score (nSPS) is 17.4. The van der Waals surface area contributed by atoms with Crippen molar-refractivity contribution in [3.63, 3.8) is 0 Å². The van der Waals surface area contributed by atoms with Gasteiger partial charge in [-0.15, -0.1) is 0 Å². The number of amides is 2. The molecular formula is C27H25F2N7O5. The van der Waals surface area contributed by atoms with Gasteiger partial charge in [0.25, 0.3) is 11.5 Å². The molecule has 1 fully saturated rings. The molecule has 2 atom stereocenters. The minimum atomic E-state index is -1.28. The van der Waals surface area contributed by atoms with Crippen molar-refractivity contribution >= 4 is 17.5 Å². The number of carbonyl (C=O) groups excluding carboxylic acids is 2. The van der Waals surface area contributed by atoms with Crippen molar-refractivity contribution < 1.29 is 27.7 Å². The summed E-state index contributed by atoms with van der Waals surface area (Å²) in [7, 11) is 0. The van der Waals surface area contributed by atoms with E-state index in [0.717, 1.165) is 12.1 Å². The molecule has 41 heavy (non-hydrogen) atoms. The minimum absolute atomic E-state index is 0.0891. The Morgan fingerprint density at radius 2 is 1.88 bits per heavy atom. The average molecular weight is 566 g/mol. The Balaban J connectivity index is 1.37. The zero-order valence-corrected chi connectivity index (χ0v) is 22.2. The van der Waals surface area contributed by atoms with Crippen molar-refractivity contribution in [3.8, 4) is 11.4 Å². The van der Waals surface area contributed by atoms with Crippen LogP contribution >= 0.6 is 0 Å². The summed E-state index contributed by atoms with van der Waals surface area (Å²) in [6.45, 7) is 5.21. The van der Waals surface area contributed by atoms with E-state index in [1.54, 1.807) is 13.8 Å². The Morgan fingerprint density at radius 1 is 1.12 bits per heavy atom. The molecule has 1 spiro atoms. The van der Waals surface area contributed by atoms with Crippen molar-refractivity contribution in [2.24, 2.45) is 5.41 Å². The summed E-state index contributed by atoms with van der Waals surface area (Å²) >= 11 is 0. The van der Waals surface area contributed by atoms with E-state index in [1.165, 1.54) is 29.8 Å². The number of fused-ring (bicyclic) bond motifs is 1. The van der Waals surface area contributed by atoms with Crippen LogP contribution in [0.1, 0.15) is 51.9 Å². The molecule has 0 bridgehead atoms. The molecule has 1 unspecified atom stereocenters. The molecular weight excluding hydrogens is 540 g/mol. The van der Waals surface area contributed by atoms with E-state index in [4.69, 9.17) is 4.74 Å². The van der Waals surface area contributed by atoms with Gasteiger partial charge in [-0.1, -0.05) is 5.16 Å². The molecule has 12 nitrogen and oxygen atoms in total. The number of aromatic amines is 1. The number of benzene rings is 1. The molecule has 212 valence electrons. The topological polar surface area (TPSA) is 157 Å². The summed E-state index contributed by atoms with van der Waals surface area (Å²) in [5.41, 5.74) is 1.41. The van der Waals surface area contributed by atoms with E-state index in [2.05, 4.69) is 35.8 Å². The van der Waals surface area contributed by atoms with Crippen LogP contribution in [0.3, 0.4) is 0 Å². The average Bonchev–Trinajstić information content (AvgIpc) is 3.43. The molecule has 2 aliphatic rings. The maximum atomic E-state index is 14.5. The summed E-state index contributed by atoms with van der Waals surface area (Å²) in [5.74, 6) is -4.29. The van der Waals surface area contributed by atoms with E-state index in [0.29, 0.717) is 29.9 Å². The van der Waals surface area contributed by atoms with Crippen LogP contribution in [0.4, 0.5) is 14.5 Å². The zero-order chi connectivity index (χ0) is 29.1. The van der Waals surface area contributed by atoms with Crippen molar-refractivity contribution in [1.29, 1.82) is 0 Å². The maximum Gasteiger partial charge on any atom is 0.276 e. The Labute approximate surface area is 231 Å². The lowest BCUT2D eigenvalue weighted by Crippen LogP contribution is -2.52. The van der Waals surface area contributed by atoms with E-state index < -0.39 is 46.4 Å². The Kier molecular flexibility index (Phi) is 6.20. The van der Waals surface area contributed by atoms with Gasteiger partial charge in [0.2, 0.25) is 5.91 Å². The second-order valence-electron chi connectivity index (χ2n) is 10.5. The SMILES string of the molecule is Cc1nonc1C(=O)N[C@H](C(=O)Nc1ccn(-c2c(C)n[nH]c2C)c(=O)c1)C1c2cc(F)c(F)cc2OCC12CC2. The lowest BCUT2D eigenvalue weighted by atomic mass is 9.75. The van der Waals surface area contributed by atoms with Crippen LogP contribution in [0.15, 0.2) is 39.9 Å². The van der Waals surface area contributed by atoms with Gasteiger partial charge in [0.05, 0.1) is 23.7 Å². The molecule has 0 radical (unpaired) electrons. The fourth-order valence-corrected chi connectivity index (χ4v) is 5.51. The zero-order valence-electron chi connectivity index (χ0n) is 22.2. The molecule has 1 saturated carbocycles. The molecule has 1 aliphatic carbocycles. The lowest BCUT2D eigenvalue weighted by molar-refractivity contribution is -0.119. The third-order valence-corrected chi connectivity index (χ3v) is 7.74. The first-order valence-electron chi connectivity index (χ1n) is 12.9. The van der Waals surface area contributed by atoms with E-state index >= 15 is 0 Å². The monoisotopic (exact) mass is 565 g/mol. The number of hydrogen-bond acceptors (Lipinski definition) is 8. The molecule has 2 amide bonds. The van der Waals surface area contributed by atoms with Crippen LogP contribution in [0.2, 0.25) is 0 Å². The number of nitrogens with zero attached hydrogens (tertiary/aromatic N) is 4. The lowest BCUT2D eigenvalue weighted by Gasteiger charge is -2.38. The Bertz CT molecular complexity index is 1740. The highest BCUT2D eigenvalue weighted by Gasteiger charge is 2.58. The standard InChI is InChI=1S/C27H25F2N7O5/c1-12-22(35-41-34-12)25(38)31-23(21-16-9-17(28)18(29)10-19(16)40-11-27(21)5-6-27)26(39)30-15-4-7-36(20(37)8-15)24-13(2)32-33-14(24)3/h4,7-10,21,23H,5-6,11H2,1-3H3,(H,30,39)(H,31,38)(H,32,33)/t21?,23-/m0/s1. The first-order valence-corrected chi connectivity index (χ1v) is 12.9. The van der Waals surface area contributed by atoms with Gasteiger partial charge in [0.1, 0.15) is 17.5 Å². The predicted octanol–water partition coefficient (Wildman–Crippen LogP) is 2.84. The van der Waals surface area contributed by atoms with Crippen LogP contribution in [0.5, 0.6) is 5.75 Å². The fraction of sp³-hybridized carbons (Fsp3) is 0.333. The molecule has 0 saturated heterocycles. The molecule has 6 rings (SSSR count). The number of halogens is 2. The van der Waals surface area contributed by atoms with E-state index in [1.807, 2.05) is 0 Å². The van der Waals surface area contributed by atoms with E-state index in [-0.39, 0.29) is 35.0 Å². The molecule has 4 heterocycles. The second kappa shape index (κ2) is 9.64. The van der Waals surface area contributed by atoms with Crippen LogP contribution < -0.4 is 20.9 Å². The predicted molar refractivity (Wildman–Crippen MR) is 139 cm³/mol. The Hall–Kier alpha value is -4.88. The quantitative estimate of drug-likeness (QED) is 0.322. The highest BCUT2D eigenvalue weighted by Crippen LogP contribution is 2.61. The third kappa shape index (κ3) is 4.54. The number of nitrogens with one attached hydrogen (secondary N) is 3. The maximum absolute atomic E-state index is 14.5. The molecule has 3 N–H and O–H groups in total. The van der Waals surface area contributed by atoms with Crippen molar-refractivity contribution in [3.05, 3.63) is 80.8 Å². The summed E-state index contributed by atoms with van der Waals surface area (Å²) in [6.07, 6.45) is 2.78. The number of rotatable bonds is 6. The minimum Gasteiger partial charge on any atom is -0.493 e. The molecule has 1 aromatic carbocycles. The number of H-pyrrole nitrogens is 1. The van der Waals surface area contributed by atoms with Gasteiger partial charge in [-0.2, -0.15) is 5.10 Å². The van der Waals surface area contributed by atoms with Crippen LogP contribution in [0, 0.1) is 37.8 Å². The number of anilines is 1. The number of carbonyl (C=O) groups is 2. The van der Waals surface area contributed by atoms with Crippen LogP contribution in [0.25, 0.3) is 5.69 Å². The number of aryl methyl sites for hydroxylation is 3. The second-order valence-corrected chi connectivity index (χ2v) is 10.5. The highest BCUT2D eigenvalue weighted by molar-refractivity contribution is 6.01. The van der Waals surface area contributed by atoms with Gasteiger partial charge in [0, 0.05) is 40.9 Å². The summed E-state index contributed by atoms with van der Waals surface area (Å²) in [5, 5.41) is 19.6. The summed E-state index contributed by atoms with van der Waals surface area (Å²) in [6, 6.07) is 3.44. The van der Waals surface area contributed by atoms with Gasteiger partial charge in [-0.3, -0.25) is 24.0 Å². The smallest absolute Gasteiger partial charge is 0.276 e. The molecule has 4 aromatic rings. The van der Waals surface area contributed by atoms with Gasteiger partial charge < -0.3 is 15.4 Å². The third-order valence-electron chi connectivity index (χ3n) is 7.74. The van der Waals surface area contributed by atoms with Gasteiger partial charge >= 0.3 is 0 Å². The first-order chi connectivity index (χ1) is 19.6. The molecule has 3 aromatic heterocycles. The molecule has 14 heteroatoms. The van der Waals surface area contributed by atoms with Crippen molar-refractivity contribution in [2.45, 2.75) is 45.6 Å². The van der Waals surface area contributed by atoms with Crippen molar-refractivity contribution in [2.75, 3.05) is 11.9 Å². The number of ether oxygens (including phenoxy) is 1.